The molecule has 2 saturated heterocycles. The molecular formula is C19H20N4. The zero-order valence-corrected chi connectivity index (χ0v) is 13.3. The highest BCUT2D eigenvalue weighted by Crippen LogP contribution is 2.33. The summed E-state index contributed by atoms with van der Waals surface area (Å²) in [5, 5.41) is 8.87. The molecule has 2 aromatic rings. The van der Waals surface area contributed by atoms with Gasteiger partial charge in [-0.15, -0.1) is 0 Å². The summed E-state index contributed by atoms with van der Waals surface area (Å²) in [6, 6.07) is 14.1. The summed E-state index contributed by atoms with van der Waals surface area (Å²) in [5.41, 5.74) is 2.88. The Hall–Kier alpha value is -2.38. The number of hydrogen-bond donors (Lipinski definition) is 0. The number of likely N-dealkylation sites (tertiary alicyclic amines) is 1. The van der Waals surface area contributed by atoms with Crippen molar-refractivity contribution in [3.05, 3.63) is 48.2 Å². The lowest BCUT2D eigenvalue weighted by molar-refractivity contribution is 0.387. The van der Waals surface area contributed by atoms with E-state index in [0.29, 0.717) is 5.56 Å². The van der Waals surface area contributed by atoms with Crippen molar-refractivity contribution in [1.29, 1.82) is 5.26 Å². The van der Waals surface area contributed by atoms with Crippen LogP contribution in [0, 0.1) is 23.2 Å². The van der Waals surface area contributed by atoms with Gasteiger partial charge in [-0.1, -0.05) is 12.1 Å². The van der Waals surface area contributed by atoms with E-state index in [2.05, 4.69) is 40.0 Å². The Morgan fingerprint density at radius 1 is 0.957 bits per heavy atom. The van der Waals surface area contributed by atoms with E-state index in [1.165, 1.54) is 13.1 Å². The minimum Gasteiger partial charge on any atom is -0.356 e. The van der Waals surface area contributed by atoms with Gasteiger partial charge in [-0.25, -0.2) is 4.98 Å². The zero-order valence-electron chi connectivity index (χ0n) is 13.3. The van der Waals surface area contributed by atoms with Crippen LogP contribution >= 0.6 is 0 Å². The number of hydrogen-bond acceptors (Lipinski definition) is 4. The Balaban J connectivity index is 1.49. The van der Waals surface area contributed by atoms with Crippen LogP contribution < -0.4 is 4.90 Å². The van der Waals surface area contributed by atoms with Crippen LogP contribution in [0.15, 0.2) is 42.6 Å². The lowest BCUT2D eigenvalue weighted by Crippen LogP contribution is -2.27. The summed E-state index contributed by atoms with van der Waals surface area (Å²) in [5.74, 6) is 2.67. The molecule has 4 nitrogen and oxygen atoms in total. The van der Waals surface area contributed by atoms with Crippen molar-refractivity contribution in [3.63, 3.8) is 0 Å². The fourth-order valence-electron chi connectivity index (χ4n) is 3.90. The number of rotatable bonds is 2. The molecule has 116 valence electrons. The van der Waals surface area contributed by atoms with Crippen molar-refractivity contribution in [1.82, 2.24) is 9.88 Å². The van der Waals surface area contributed by atoms with Gasteiger partial charge in [0.05, 0.1) is 11.6 Å². The van der Waals surface area contributed by atoms with Crippen LogP contribution in [-0.2, 0) is 0 Å². The van der Waals surface area contributed by atoms with E-state index < -0.39 is 0 Å². The molecule has 0 bridgehead atoms. The standard InChI is InChI=1S/C19H20N4/c1-22-10-17-12-23(13-18(17)11-22)19-7-6-16(9-21-19)15-4-2-14(8-20)3-5-15/h2-7,9,17-18H,10-13H2,1H3. The van der Waals surface area contributed by atoms with Crippen molar-refractivity contribution in [2.75, 3.05) is 38.1 Å². The molecule has 4 rings (SSSR count). The zero-order chi connectivity index (χ0) is 15.8. The van der Waals surface area contributed by atoms with E-state index in [4.69, 9.17) is 5.26 Å². The van der Waals surface area contributed by atoms with Crippen LogP contribution in [-0.4, -0.2) is 43.1 Å². The van der Waals surface area contributed by atoms with Gasteiger partial charge in [0, 0.05) is 37.9 Å². The minimum absolute atomic E-state index is 0.687. The smallest absolute Gasteiger partial charge is 0.128 e. The lowest BCUT2D eigenvalue weighted by atomic mass is 10.0. The van der Waals surface area contributed by atoms with Crippen molar-refractivity contribution in [2.24, 2.45) is 11.8 Å². The molecular weight excluding hydrogens is 284 g/mol. The quantitative estimate of drug-likeness (QED) is 0.855. The number of aromatic nitrogens is 1. The molecule has 0 saturated carbocycles. The van der Waals surface area contributed by atoms with Crippen LogP contribution in [0.3, 0.4) is 0 Å². The highest BCUT2D eigenvalue weighted by molar-refractivity contribution is 5.64. The molecule has 0 aliphatic carbocycles. The number of anilines is 1. The molecule has 0 N–H and O–H groups in total. The number of fused-ring (bicyclic) bond motifs is 1. The number of benzene rings is 1. The van der Waals surface area contributed by atoms with Crippen molar-refractivity contribution in [2.45, 2.75) is 0 Å². The van der Waals surface area contributed by atoms with Gasteiger partial charge in [-0.3, -0.25) is 0 Å². The molecule has 0 spiro atoms. The van der Waals surface area contributed by atoms with E-state index in [1.807, 2.05) is 30.5 Å². The van der Waals surface area contributed by atoms with Crippen molar-refractivity contribution >= 4 is 5.82 Å². The summed E-state index contributed by atoms with van der Waals surface area (Å²) >= 11 is 0. The predicted octanol–water partition coefficient (Wildman–Crippen LogP) is 2.62. The van der Waals surface area contributed by atoms with Crippen molar-refractivity contribution < 1.29 is 0 Å². The van der Waals surface area contributed by atoms with E-state index in [9.17, 15) is 0 Å². The SMILES string of the molecule is CN1CC2CN(c3ccc(-c4ccc(C#N)cc4)cn3)CC2C1. The monoisotopic (exact) mass is 304 g/mol. The number of pyridine rings is 1. The number of nitrogens with zero attached hydrogens (tertiary/aromatic N) is 4. The topological polar surface area (TPSA) is 43.2 Å². The van der Waals surface area contributed by atoms with E-state index in [-0.39, 0.29) is 0 Å². The first-order valence-electron chi connectivity index (χ1n) is 8.13. The first kappa shape index (κ1) is 14.2. The normalized spacial score (nSPS) is 23.7. The van der Waals surface area contributed by atoms with Crippen LogP contribution in [0.4, 0.5) is 5.82 Å². The fourth-order valence-corrected chi connectivity index (χ4v) is 3.90. The average molecular weight is 304 g/mol. The third kappa shape index (κ3) is 2.69. The molecule has 2 aliphatic heterocycles. The molecule has 23 heavy (non-hydrogen) atoms. The summed E-state index contributed by atoms with van der Waals surface area (Å²) in [7, 11) is 2.22. The summed E-state index contributed by atoms with van der Waals surface area (Å²) in [6.45, 7) is 4.67. The Morgan fingerprint density at radius 2 is 1.61 bits per heavy atom. The molecule has 4 heteroatoms. The Kier molecular flexibility index (Phi) is 3.51. The Morgan fingerprint density at radius 3 is 2.17 bits per heavy atom. The van der Waals surface area contributed by atoms with Gasteiger partial charge in [0.2, 0.25) is 0 Å². The fraction of sp³-hybridized carbons (Fsp3) is 0.368. The second-order valence-corrected chi connectivity index (χ2v) is 6.74. The molecule has 2 aliphatic rings. The summed E-state index contributed by atoms with van der Waals surface area (Å²) in [4.78, 5) is 9.53. The third-order valence-corrected chi connectivity index (χ3v) is 5.09. The van der Waals surface area contributed by atoms with Crippen LogP contribution in [0.25, 0.3) is 11.1 Å². The van der Waals surface area contributed by atoms with E-state index >= 15 is 0 Å². The highest BCUT2D eigenvalue weighted by Gasteiger charge is 2.38. The van der Waals surface area contributed by atoms with Crippen molar-refractivity contribution in [3.8, 4) is 17.2 Å². The molecule has 1 aromatic heterocycles. The van der Waals surface area contributed by atoms with Gasteiger partial charge in [-0.2, -0.15) is 5.26 Å². The van der Waals surface area contributed by atoms with Gasteiger partial charge < -0.3 is 9.80 Å². The van der Waals surface area contributed by atoms with Crippen LogP contribution in [0.1, 0.15) is 5.56 Å². The van der Waals surface area contributed by atoms with Crippen LogP contribution in [0.5, 0.6) is 0 Å². The van der Waals surface area contributed by atoms with Gasteiger partial charge in [0.1, 0.15) is 5.82 Å². The number of nitriles is 1. The summed E-state index contributed by atoms with van der Waals surface area (Å²) < 4.78 is 0. The van der Waals surface area contributed by atoms with Crippen LogP contribution in [0.2, 0.25) is 0 Å². The van der Waals surface area contributed by atoms with Gasteiger partial charge >= 0.3 is 0 Å². The molecule has 2 fully saturated rings. The molecule has 0 radical (unpaired) electrons. The molecule has 3 heterocycles. The maximum atomic E-state index is 8.87. The summed E-state index contributed by atoms with van der Waals surface area (Å²) in [6.07, 6.45) is 1.94. The first-order chi connectivity index (χ1) is 11.2. The average Bonchev–Trinajstić information content (AvgIpc) is 3.12. The lowest BCUT2D eigenvalue weighted by Gasteiger charge is -2.20. The minimum atomic E-state index is 0.687. The largest absolute Gasteiger partial charge is 0.356 e. The molecule has 1 aromatic carbocycles. The van der Waals surface area contributed by atoms with Gasteiger partial charge in [-0.05, 0) is 48.7 Å². The molecule has 2 atom stereocenters. The highest BCUT2D eigenvalue weighted by atomic mass is 15.3. The Labute approximate surface area is 137 Å². The second-order valence-electron chi connectivity index (χ2n) is 6.74. The van der Waals surface area contributed by atoms with E-state index in [1.54, 1.807) is 0 Å². The molecule has 2 unspecified atom stereocenters. The maximum absolute atomic E-state index is 8.87. The first-order valence-corrected chi connectivity index (χ1v) is 8.13. The second kappa shape index (κ2) is 5.68. The third-order valence-electron chi connectivity index (χ3n) is 5.09. The Bertz CT molecular complexity index is 715. The predicted molar refractivity (Wildman–Crippen MR) is 91.1 cm³/mol. The maximum Gasteiger partial charge on any atom is 0.128 e. The van der Waals surface area contributed by atoms with Gasteiger partial charge in [0.15, 0.2) is 0 Å². The van der Waals surface area contributed by atoms with Gasteiger partial charge in [0.25, 0.3) is 0 Å². The molecule has 0 amide bonds. The van der Waals surface area contributed by atoms with E-state index in [0.717, 1.165) is 41.9 Å².